The molecule has 0 N–H and O–H groups in total. The summed E-state index contributed by atoms with van der Waals surface area (Å²) in [6.45, 7) is 8.94. The Hall–Kier alpha value is -2.07. The molecule has 0 bridgehead atoms. The highest BCUT2D eigenvalue weighted by Gasteiger charge is 2.42. The first kappa shape index (κ1) is 17.7. The molecule has 0 saturated carbocycles. The molecule has 134 valence electrons. The lowest BCUT2D eigenvalue weighted by molar-refractivity contribution is -0.166. The van der Waals surface area contributed by atoms with E-state index >= 15 is 0 Å². The third-order valence-electron chi connectivity index (χ3n) is 4.75. The van der Waals surface area contributed by atoms with Crippen LogP contribution in [-0.2, 0) is 9.53 Å². The summed E-state index contributed by atoms with van der Waals surface area (Å²) < 4.78 is 11.2. The Bertz CT molecular complexity index is 688. The number of ether oxygens (including phenoxy) is 1. The molecule has 0 spiro atoms. The summed E-state index contributed by atoms with van der Waals surface area (Å²) in [4.78, 5) is 14.6. The maximum atomic E-state index is 12.3. The van der Waals surface area contributed by atoms with Crippen molar-refractivity contribution >= 4 is 5.97 Å². The van der Waals surface area contributed by atoms with Crippen LogP contribution < -0.4 is 0 Å². The molecule has 1 aliphatic rings. The van der Waals surface area contributed by atoms with Crippen LogP contribution in [0.5, 0.6) is 0 Å². The minimum atomic E-state index is -0.323. The standard InChI is InChI=1S/C21H27NO3/c1-15-20(23)25-14-18(16-9-6-5-7-10-16)22(15)17(13-21(2,3)4)19-11-8-12-24-19/h5-12,15,17-18H,13-14H2,1-4H3/t15-,17-,18-/m1/s1. The second-order valence-electron chi connectivity index (χ2n) is 7.98. The normalized spacial score (nSPS) is 23.3. The van der Waals surface area contributed by atoms with Gasteiger partial charge in [-0.3, -0.25) is 9.69 Å². The minimum Gasteiger partial charge on any atom is -0.468 e. The quantitative estimate of drug-likeness (QED) is 0.753. The molecule has 25 heavy (non-hydrogen) atoms. The number of cyclic esters (lactones) is 1. The van der Waals surface area contributed by atoms with Crippen molar-refractivity contribution in [2.45, 2.75) is 52.2 Å². The number of carbonyl (C=O) groups is 1. The maximum absolute atomic E-state index is 12.3. The smallest absolute Gasteiger partial charge is 0.323 e. The first-order valence-electron chi connectivity index (χ1n) is 8.89. The number of benzene rings is 1. The Labute approximate surface area is 149 Å². The predicted molar refractivity (Wildman–Crippen MR) is 97.0 cm³/mol. The molecule has 4 heteroatoms. The summed E-state index contributed by atoms with van der Waals surface area (Å²) in [5.41, 5.74) is 1.26. The molecule has 1 saturated heterocycles. The first-order valence-corrected chi connectivity index (χ1v) is 8.89. The van der Waals surface area contributed by atoms with Crippen molar-refractivity contribution in [2.24, 2.45) is 5.41 Å². The van der Waals surface area contributed by atoms with Gasteiger partial charge in [0, 0.05) is 0 Å². The van der Waals surface area contributed by atoms with E-state index in [0.29, 0.717) is 6.61 Å². The Morgan fingerprint density at radius 1 is 1.16 bits per heavy atom. The average molecular weight is 341 g/mol. The topological polar surface area (TPSA) is 42.7 Å². The fourth-order valence-electron chi connectivity index (χ4n) is 3.60. The van der Waals surface area contributed by atoms with Crippen molar-refractivity contribution in [3.8, 4) is 0 Å². The van der Waals surface area contributed by atoms with Crippen LogP contribution in [0.4, 0.5) is 0 Å². The summed E-state index contributed by atoms with van der Waals surface area (Å²) in [6.07, 6.45) is 2.59. The Balaban J connectivity index is 2.03. The molecule has 1 aromatic heterocycles. The molecule has 2 aromatic rings. The Morgan fingerprint density at radius 2 is 1.88 bits per heavy atom. The van der Waals surface area contributed by atoms with E-state index in [0.717, 1.165) is 17.7 Å². The second kappa shape index (κ2) is 7.04. The van der Waals surface area contributed by atoms with Crippen molar-refractivity contribution in [1.82, 2.24) is 4.90 Å². The average Bonchev–Trinajstić information content (AvgIpc) is 3.10. The highest BCUT2D eigenvalue weighted by molar-refractivity contribution is 5.76. The van der Waals surface area contributed by atoms with Gasteiger partial charge in [-0.25, -0.2) is 0 Å². The number of hydrogen-bond donors (Lipinski definition) is 0. The molecule has 0 aliphatic carbocycles. The van der Waals surface area contributed by atoms with Crippen LogP contribution in [0.15, 0.2) is 53.1 Å². The zero-order valence-electron chi connectivity index (χ0n) is 15.4. The van der Waals surface area contributed by atoms with Crippen molar-refractivity contribution in [1.29, 1.82) is 0 Å². The zero-order chi connectivity index (χ0) is 18.0. The maximum Gasteiger partial charge on any atom is 0.323 e. The summed E-state index contributed by atoms with van der Waals surface area (Å²) in [6, 6.07) is 13.9. The van der Waals surface area contributed by atoms with Crippen LogP contribution in [0.2, 0.25) is 0 Å². The summed E-state index contributed by atoms with van der Waals surface area (Å²) >= 11 is 0. The molecule has 3 atom stereocenters. The lowest BCUT2D eigenvalue weighted by atomic mass is 9.85. The van der Waals surface area contributed by atoms with E-state index < -0.39 is 0 Å². The van der Waals surface area contributed by atoms with Crippen molar-refractivity contribution < 1.29 is 13.9 Å². The van der Waals surface area contributed by atoms with Gasteiger partial charge in [-0.1, -0.05) is 51.1 Å². The SMILES string of the molecule is C[C@@H]1C(=O)OC[C@H](c2ccccc2)N1[C@H](CC(C)(C)C)c1ccco1. The van der Waals surface area contributed by atoms with Gasteiger partial charge in [-0.15, -0.1) is 0 Å². The molecular formula is C21H27NO3. The zero-order valence-corrected chi connectivity index (χ0v) is 15.4. The van der Waals surface area contributed by atoms with Crippen LogP contribution in [0.25, 0.3) is 0 Å². The number of carbonyl (C=O) groups excluding carboxylic acids is 1. The van der Waals surface area contributed by atoms with Gasteiger partial charge < -0.3 is 9.15 Å². The van der Waals surface area contributed by atoms with E-state index in [1.807, 2.05) is 37.3 Å². The van der Waals surface area contributed by atoms with Gasteiger partial charge in [-0.05, 0) is 36.5 Å². The van der Waals surface area contributed by atoms with E-state index in [9.17, 15) is 4.79 Å². The van der Waals surface area contributed by atoms with E-state index in [4.69, 9.17) is 9.15 Å². The van der Waals surface area contributed by atoms with Crippen LogP contribution in [0.3, 0.4) is 0 Å². The summed E-state index contributed by atoms with van der Waals surface area (Å²) in [7, 11) is 0. The molecule has 0 radical (unpaired) electrons. The van der Waals surface area contributed by atoms with Gasteiger partial charge in [0.05, 0.1) is 18.3 Å². The molecule has 3 rings (SSSR count). The predicted octanol–water partition coefficient (Wildman–Crippen LogP) is 4.75. The number of nitrogens with zero attached hydrogens (tertiary/aromatic N) is 1. The fraction of sp³-hybridized carbons (Fsp3) is 0.476. The minimum absolute atomic E-state index is 0.0167. The van der Waals surface area contributed by atoms with Crippen LogP contribution >= 0.6 is 0 Å². The van der Waals surface area contributed by atoms with Crippen LogP contribution in [0, 0.1) is 5.41 Å². The van der Waals surface area contributed by atoms with E-state index in [1.165, 1.54) is 0 Å². The second-order valence-corrected chi connectivity index (χ2v) is 7.98. The number of esters is 1. The van der Waals surface area contributed by atoms with E-state index in [2.05, 4.69) is 37.8 Å². The molecule has 4 nitrogen and oxygen atoms in total. The van der Waals surface area contributed by atoms with Crippen molar-refractivity contribution in [3.63, 3.8) is 0 Å². The Morgan fingerprint density at radius 3 is 2.48 bits per heavy atom. The van der Waals surface area contributed by atoms with Gasteiger partial charge in [0.1, 0.15) is 18.4 Å². The highest BCUT2D eigenvalue weighted by atomic mass is 16.5. The molecular weight excluding hydrogens is 314 g/mol. The molecule has 1 aromatic carbocycles. The molecule has 0 amide bonds. The first-order chi connectivity index (χ1) is 11.9. The van der Waals surface area contributed by atoms with Crippen LogP contribution in [-0.4, -0.2) is 23.5 Å². The monoisotopic (exact) mass is 341 g/mol. The van der Waals surface area contributed by atoms with Crippen LogP contribution in [0.1, 0.15) is 57.5 Å². The van der Waals surface area contributed by atoms with Gasteiger partial charge >= 0.3 is 5.97 Å². The van der Waals surface area contributed by atoms with Gasteiger partial charge in [0.2, 0.25) is 0 Å². The number of morpholine rings is 1. The number of rotatable bonds is 4. The molecule has 0 unspecified atom stereocenters. The van der Waals surface area contributed by atoms with E-state index in [-0.39, 0.29) is 29.5 Å². The Kier molecular flexibility index (Phi) is 5.00. The summed E-state index contributed by atoms with van der Waals surface area (Å²) in [5.74, 6) is 0.732. The fourth-order valence-corrected chi connectivity index (χ4v) is 3.60. The molecule has 2 heterocycles. The highest BCUT2D eigenvalue weighted by Crippen LogP contribution is 2.42. The van der Waals surface area contributed by atoms with E-state index in [1.54, 1.807) is 6.26 Å². The lowest BCUT2D eigenvalue weighted by Gasteiger charge is -2.45. The lowest BCUT2D eigenvalue weighted by Crippen LogP contribution is -2.51. The largest absolute Gasteiger partial charge is 0.468 e. The van der Waals surface area contributed by atoms with Crippen molar-refractivity contribution in [2.75, 3.05) is 6.61 Å². The summed E-state index contributed by atoms with van der Waals surface area (Å²) in [5, 5.41) is 0. The van der Waals surface area contributed by atoms with Gasteiger partial charge in [-0.2, -0.15) is 0 Å². The van der Waals surface area contributed by atoms with Crippen molar-refractivity contribution in [3.05, 3.63) is 60.1 Å². The molecule has 1 aliphatic heterocycles. The third-order valence-corrected chi connectivity index (χ3v) is 4.75. The van der Waals surface area contributed by atoms with Gasteiger partial charge in [0.25, 0.3) is 0 Å². The molecule has 1 fully saturated rings. The number of furan rings is 1. The van der Waals surface area contributed by atoms with Gasteiger partial charge in [0.15, 0.2) is 0 Å². The third kappa shape index (κ3) is 3.96. The number of hydrogen-bond acceptors (Lipinski definition) is 4.